The molecule has 1 amide bonds. The summed E-state index contributed by atoms with van der Waals surface area (Å²) in [5.74, 6) is 0.660. The van der Waals surface area contributed by atoms with Crippen LogP contribution in [-0.4, -0.2) is 25.2 Å². The number of amides is 1. The van der Waals surface area contributed by atoms with Crippen molar-refractivity contribution in [2.24, 2.45) is 5.73 Å². The molecule has 0 bridgehead atoms. The summed E-state index contributed by atoms with van der Waals surface area (Å²) in [6.45, 7) is 8.58. The topological polar surface area (TPSA) is 78.7 Å². The van der Waals surface area contributed by atoms with Crippen LogP contribution in [-0.2, 0) is 22.8 Å². The number of imidazole rings is 1. The number of nitrogens with zero attached hydrogens (tertiary/aromatic N) is 4. The fourth-order valence-corrected chi connectivity index (χ4v) is 2.84. The molecule has 0 aromatic carbocycles. The van der Waals surface area contributed by atoms with Crippen molar-refractivity contribution in [3.8, 4) is 0 Å². The van der Waals surface area contributed by atoms with Crippen LogP contribution in [0.15, 0.2) is 0 Å². The highest BCUT2D eigenvalue weighted by Gasteiger charge is 2.30. The molecular weight excluding hydrogens is 278 g/mol. The van der Waals surface area contributed by atoms with E-state index in [1.54, 1.807) is 0 Å². The maximum Gasteiger partial charge on any atom is 0.219 e. The second-order valence-electron chi connectivity index (χ2n) is 5.53. The minimum atomic E-state index is -0.496. The Balaban J connectivity index is 2.75. The number of hydrogen-bond acceptors (Lipinski definition) is 3. The maximum absolute atomic E-state index is 11.3. The van der Waals surface area contributed by atoms with Crippen LogP contribution in [0, 0.1) is 6.92 Å². The number of carbonyl (C=O) groups excluding carboxylic acids is 1. The van der Waals surface area contributed by atoms with Crippen LogP contribution in [0.5, 0.6) is 0 Å². The lowest BCUT2D eigenvalue weighted by atomic mass is 9.99. The van der Waals surface area contributed by atoms with Crippen LogP contribution >= 0.6 is 11.6 Å². The molecule has 0 aliphatic rings. The summed E-state index contributed by atoms with van der Waals surface area (Å²) in [5, 5.41) is 4.47. The number of aromatic nitrogens is 4. The average molecular weight is 298 g/mol. The van der Waals surface area contributed by atoms with Gasteiger partial charge < -0.3 is 10.3 Å². The molecule has 2 N–H and O–H groups in total. The zero-order valence-electron chi connectivity index (χ0n) is 12.3. The molecule has 0 unspecified atom stereocenters. The molecule has 0 aliphatic heterocycles. The monoisotopic (exact) mass is 297 g/mol. The normalized spacial score (nSPS) is 12.2. The molecule has 20 heavy (non-hydrogen) atoms. The summed E-state index contributed by atoms with van der Waals surface area (Å²) in [4.78, 5) is 15.9. The third kappa shape index (κ3) is 2.28. The zero-order chi connectivity index (χ0) is 15.1. The summed E-state index contributed by atoms with van der Waals surface area (Å²) in [7, 11) is 0. The van der Waals surface area contributed by atoms with Crippen molar-refractivity contribution < 1.29 is 4.79 Å². The van der Waals surface area contributed by atoms with E-state index in [2.05, 4.69) is 10.1 Å². The summed E-state index contributed by atoms with van der Waals surface area (Å²) in [6.07, 6.45) is 0.219. The van der Waals surface area contributed by atoms with Gasteiger partial charge in [0.1, 0.15) is 11.3 Å². The molecule has 0 spiro atoms. The number of nitrogens with two attached hydrogens (primary N) is 1. The van der Waals surface area contributed by atoms with Crippen molar-refractivity contribution in [2.75, 3.05) is 0 Å². The second kappa shape index (κ2) is 5.09. The standard InChI is InChI=1S/C13H20ClN5O/c1-5-18-12-11(8(2)17-18)16-10(7-14)19(12)13(3,4)6-9(15)20/h5-7H2,1-4H3,(H2,15,20). The summed E-state index contributed by atoms with van der Waals surface area (Å²) >= 11 is 6.02. The Morgan fingerprint density at radius 1 is 1.45 bits per heavy atom. The van der Waals surface area contributed by atoms with Crippen molar-refractivity contribution >= 4 is 28.7 Å². The number of carbonyl (C=O) groups is 1. The van der Waals surface area contributed by atoms with Crippen molar-refractivity contribution in [3.05, 3.63) is 11.5 Å². The quantitative estimate of drug-likeness (QED) is 0.856. The summed E-state index contributed by atoms with van der Waals surface area (Å²) in [6, 6.07) is 0. The van der Waals surface area contributed by atoms with Crippen LogP contribution in [0.1, 0.15) is 38.7 Å². The second-order valence-corrected chi connectivity index (χ2v) is 5.79. The first-order valence-electron chi connectivity index (χ1n) is 6.61. The lowest BCUT2D eigenvalue weighted by Gasteiger charge is -2.27. The molecular formula is C13H20ClN5O. The van der Waals surface area contributed by atoms with Gasteiger partial charge in [0.2, 0.25) is 5.91 Å². The van der Waals surface area contributed by atoms with Gasteiger partial charge in [0, 0.05) is 13.0 Å². The number of halogens is 1. The third-order valence-electron chi connectivity index (χ3n) is 3.41. The SMILES string of the molecule is CCn1nc(C)c2nc(CCl)n(C(C)(C)CC(N)=O)c21. The molecule has 0 radical (unpaired) electrons. The van der Waals surface area contributed by atoms with Gasteiger partial charge in [-0.25, -0.2) is 9.67 Å². The smallest absolute Gasteiger partial charge is 0.219 e. The van der Waals surface area contributed by atoms with Crippen molar-refractivity contribution in [1.29, 1.82) is 0 Å². The first-order chi connectivity index (χ1) is 9.31. The lowest BCUT2D eigenvalue weighted by molar-refractivity contribution is -0.119. The highest BCUT2D eigenvalue weighted by Crippen LogP contribution is 2.30. The molecule has 0 saturated carbocycles. The zero-order valence-corrected chi connectivity index (χ0v) is 13.0. The predicted octanol–water partition coefficient (Wildman–Crippen LogP) is 1.91. The van der Waals surface area contributed by atoms with Gasteiger partial charge in [0.25, 0.3) is 0 Å². The molecule has 0 atom stereocenters. The first kappa shape index (κ1) is 14.8. The van der Waals surface area contributed by atoms with E-state index < -0.39 is 5.54 Å². The summed E-state index contributed by atoms with van der Waals surface area (Å²) in [5.41, 5.74) is 7.46. The molecule has 2 aromatic heterocycles. The fraction of sp³-hybridized carbons (Fsp3) is 0.615. The lowest BCUT2D eigenvalue weighted by Crippen LogP contribution is -2.34. The molecule has 0 aliphatic carbocycles. The highest BCUT2D eigenvalue weighted by atomic mass is 35.5. The average Bonchev–Trinajstić information content (AvgIpc) is 2.85. The Labute approximate surface area is 122 Å². The van der Waals surface area contributed by atoms with E-state index in [1.165, 1.54) is 0 Å². The number of aryl methyl sites for hydroxylation is 2. The van der Waals surface area contributed by atoms with E-state index in [1.807, 2.05) is 36.9 Å². The number of alkyl halides is 1. The Bertz CT molecular complexity index is 655. The molecule has 2 rings (SSSR count). The van der Waals surface area contributed by atoms with Gasteiger partial charge in [-0.15, -0.1) is 11.6 Å². The Morgan fingerprint density at radius 2 is 2.10 bits per heavy atom. The van der Waals surface area contributed by atoms with Crippen molar-refractivity contribution in [3.63, 3.8) is 0 Å². The van der Waals surface area contributed by atoms with Gasteiger partial charge in [0.05, 0.1) is 17.1 Å². The molecule has 110 valence electrons. The van der Waals surface area contributed by atoms with E-state index in [9.17, 15) is 4.79 Å². The van der Waals surface area contributed by atoms with Gasteiger partial charge in [-0.2, -0.15) is 5.10 Å². The van der Waals surface area contributed by atoms with E-state index >= 15 is 0 Å². The number of fused-ring (bicyclic) bond motifs is 1. The van der Waals surface area contributed by atoms with Crippen LogP contribution in [0.2, 0.25) is 0 Å². The molecule has 7 heteroatoms. The minimum Gasteiger partial charge on any atom is -0.370 e. The Morgan fingerprint density at radius 3 is 2.60 bits per heavy atom. The van der Waals surface area contributed by atoms with E-state index in [0.717, 1.165) is 29.2 Å². The van der Waals surface area contributed by atoms with Gasteiger partial charge >= 0.3 is 0 Å². The van der Waals surface area contributed by atoms with Crippen LogP contribution < -0.4 is 5.73 Å². The molecule has 2 aromatic rings. The molecule has 0 saturated heterocycles. The number of rotatable bonds is 5. The largest absolute Gasteiger partial charge is 0.370 e. The highest BCUT2D eigenvalue weighted by molar-refractivity contribution is 6.16. The Hall–Kier alpha value is -1.56. The van der Waals surface area contributed by atoms with Crippen molar-refractivity contribution in [1.82, 2.24) is 19.3 Å². The van der Waals surface area contributed by atoms with Crippen LogP contribution in [0.3, 0.4) is 0 Å². The fourth-order valence-electron chi connectivity index (χ4n) is 2.66. The maximum atomic E-state index is 11.3. The number of primary amides is 1. The van der Waals surface area contributed by atoms with E-state index in [-0.39, 0.29) is 18.2 Å². The summed E-state index contributed by atoms with van der Waals surface area (Å²) < 4.78 is 3.88. The van der Waals surface area contributed by atoms with E-state index in [0.29, 0.717) is 0 Å². The molecule has 2 heterocycles. The van der Waals surface area contributed by atoms with Gasteiger partial charge in [-0.3, -0.25) is 4.79 Å². The molecule has 0 fully saturated rings. The Kier molecular flexibility index (Phi) is 3.77. The van der Waals surface area contributed by atoms with Gasteiger partial charge in [-0.1, -0.05) is 0 Å². The van der Waals surface area contributed by atoms with E-state index in [4.69, 9.17) is 17.3 Å². The number of hydrogen-bond donors (Lipinski definition) is 1. The molecule has 6 nitrogen and oxygen atoms in total. The van der Waals surface area contributed by atoms with Crippen LogP contribution in [0.25, 0.3) is 11.2 Å². The van der Waals surface area contributed by atoms with Crippen molar-refractivity contribution in [2.45, 2.75) is 52.1 Å². The predicted molar refractivity (Wildman–Crippen MR) is 78.6 cm³/mol. The van der Waals surface area contributed by atoms with Crippen LogP contribution in [0.4, 0.5) is 0 Å². The minimum absolute atomic E-state index is 0.219. The first-order valence-corrected chi connectivity index (χ1v) is 7.14. The van der Waals surface area contributed by atoms with Gasteiger partial charge in [0.15, 0.2) is 5.65 Å². The van der Waals surface area contributed by atoms with Gasteiger partial charge in [-0.05, 0) is 27.7 Å². The third-order valence-corrected chi connectivity index (χ3v) is 3.65.